The number of nitrogens with zero attached hydrogens (tertiary/aromatic N) is 2. The maximum absolute atomic E-state index is 12.6. The van der Waals surface area contributed by atoms with E-state index in [-0.39, 0.29) is 11.8 Å². The Kier molecular flexibility index (Phi) is 6.00. The summed E-state index contributed by atoms with van der Waals surface area (Å²) in [6, 6.07) is 1.67. The second-order valence-corrected chi connectivity index (χ2v) is 5.51. The van der Waals surface area contributed by atoms with Crippen LogP contribution in [-0.4, -0.2) is 61.5 Å². The fraction of sp³-hybridized carbons (Fsp3) is 0.625. The summed E-state index contributed by atoms with van der Waals surface area (Å²) in [6.07, 6.45) is 4.01. The molecule has 0 unspecified atom stereocenters. The van der Waals surface area contributed by atoms with Gasteiger partial charge in [0.25, 0.3) is 5.91 Å². The van der Waals surface area contributed by atoms with E-state index in [2.05, 4.69) is 0 Å². The van der Waals surface area contributed by atoms with Crippen molar-refractivity contribution in [3.63, 3.8) is 0 Å². The van der Waals surface area contributed by atoms with Crippen LogP contribution < -0.4 is 0 Å². The number of amides is 2. The molecule has 0 N–H and O–H groups in total. The number of rotatable bonds is 7. The normalized spacial score (nSPS) is 14.4. The Bertz CT molecular complexity index is 506. The lowest BCUT2D eigenvalue weighted by atomic mass is 10.2. The van der Waals surface area contributed by atoms with E-state index in [1.165, 1.54) is 6.26 Å². The summed E-state index contributed by atoms with van der Waals surface area (Å²) >= 11 is 0. The summed E-state index contributed by atoms with van der Waals surface area (Å²) in [7, 11) is 1.60. The van der Waals surface area contributed by atoms with E-state index >= 15 is 0 Å². The molecule has 22 heavy (non-hydrogen) atoms. The van der Waals surface area contributed by atoms with E-state index in [1.807, 2.05) is 4.90 Å². The molecule has 0 saturated carbocycles. The van der Waals surface area contributed by atoms with Gasteiger partial charge in [-0.1, -0.05) is 0 Å². The molecule has 6 nitrogen and oxygen atoms in total. The summed E-state index contributed by atoms with van der Waals surface area (Å²) < 4.78 is 10.3. The van der Waals surface area contributed by atoms with Gasteiger partial charge in [-0.3, -0.25) is 9.59 Å². The fourth-order valence-electron chi connectivity index (χ4n) is 2.65. The van der Waals surface area contributed by atoms with Crippen LogP contribution in [0.5, 0.6) is 0 Å². The molecule has 1 aromatic rings. The first-order valence-corrected chi connectivity index (χ1v) is 7.73. The van der Waals surface area contributed by atoms with Crippen LogP contribution in [0.3, 0.4) is 0 Å². The molecule has 0 aromatic carbocycles. The van der Waals surface area contributed by atoms with Gasteiger partial charge in [0.2, 0.25) is 5.91 Å². The van der Waals surface area contributed by atoms with Crippen LogP contribution in [0.15, 0.2) is 16.7 Å². The highest BCUT2D eigenvalue weighted by molar-refractivity contribution is 5.95. The van der Waals surface area contributed by atoms with Crippen molar-refractivity contribution in [2.75, 3.05) is 39.9 Å². The minimum absolute atomic E-state index is 0.113. The van der Waals surface area contributed by atoms with Crippen LogP contribution in [0.1, 0.15) is 35.4 Å². The van der Waals surface area contributed by atoms with Gasteiger partial charge in [-0.15, -0.1) is 0 Å². The van der Waals surface area contributed by atoms with Crippen molar-refractivity contribution >= 4 is 11.8 Å². The lowest BCUT2D eigenvalue weighted by Crippen LogP contribution is -2.38. The van der Waals surface area contributed by atoms with Gasteiger partial charge in [-0.05, 0) is 25.8 Å². The molecule has 2 rings (SSSR count). The third kappa shape index (κ3) is 4.10. The molecular weight excluding hydrogens is 284 g/mol. The molecule has 2 amide bonds. The van der Waals surface area contributed by atoms with Gasteiger partial charge in [0, 0.05) is 39.7 Å². The van der Waals surface area contributed by atoms with Gasteiger partial charge in [-0.2, -0.15) is 0 Å². The van der Waals surface area contributed by atoms with Crippen LogP contribution in [0.2, 0.25) is 0 Å². The molecule has 1 saturated heterocycles. The molecule has 0 spiro atoms. The minimum Gasteiger partial charge on any atom is -0.469 e. The topological polar surface area (TPSA) is 63.0 Å². The molecule has 1 aliphatic heterocycles. The second kappa shape index (κ2) is 7.98. The Morgan fingerprint density at radius 1 is 1.32 bits per heavy atom. The Morgan fingerprint density at radius 2 is 2.05 bits per heavy atom. The number of carbonyl (C=O) groups excluding carboxylic acids is 2. The molecule has 2 heterocycles. The summed E-state index contributed by atoms with van der Waals surface area (Å²) in [4.78, 5) is 28.2. The van der Waals surface area contributed by atoms with E-state index in [9.17, 15) is 9.59 Å². The second-order valence-electron chi connectivity index (χ2n) is 5.51. The third-order valence-corrected chi connectivity index (χ3v) is 4.00. The summed E-state index contributed by atoms with van der Waals surface area (Å²) in [6.45, 7) is 4.75. The number of hydrogen-bond donors (Lipinski definition) is 0. The minimum atomic E-state index is -0.113. The van der Waals surface area contributed by atoms with Gasteiger partial charge in [0.15, 0.2) is 0 Å². The lowest BCUT2D eigenvalue weighted by Gasteiger charge is -2.23. The molecule has 1 aliphatic rings. The van der Waals surface area contributed by atoms with Crippen molar-refractivity contribution in [1.29, 1.82) is 0 Å². The number of furan rings is 1. The van der Waals surface area contributed by atoms with E-state index in [1.54, 1.807) is 25.0 Å². The monoisotopic (exact) mass is 308 g/mol. The predicted molar refractivity (Wildman–Crippen MR) is 81.7 cm³/mol. The number of carbonyl (C=O) groups is 2. The summed E-state index contributed by atoms with van der Waals surface area (Å²) in [5.74, 6) is 0.604. The zero-order valence-corrected chi connectivity index (χ0v) is 13.3. The van der Waals surface area contributed by atoms with E-state index in [4.69, 9.17) is 9.15 Å². The van der Waals surface area contributed by atoms with Crippen molar-refractivity contribution in [3.05, 3.63) is 23.7 Å². The number of methoxy groups -OCH3 is 1. The predicted octanol–water partition coefficient (Wildman–Crippen LogP) is 1.69. The fourth-order valence-corrected chi connectivity index (χ4v) is 2.65. The molecular formula is C16H24N2O4. The molecule has 0 bridgehead atoms. The number of ether oxygens (including phenoxy) is 1. The Morgan fingerprint density at radius 3 is 2.64 bits per heavy atom. The Hall–Kier alpha value is -1.82. The quantitative estimate of drug-likeness (QED) is 0.769. The molecule has 1 fully saturated rings. The highest BCUT2D eigenvalue weighted by Crippen LogP contribution is 2.14. The van der Waals surface area contributed by atoms with Crippen molar-refractivity contribution in [1.82, 2.24) is 9.80 Å². The van der Waals surface area contributed by atoms with Crippen molar-refractivity contribution < 1.29 is 18.7 Å². The largest absolute Gasteiger partial charge is 0.469 e. The summed E-state index contributed by atoms with van der Waals surface area (Å²) in [5, 5.41) is 0. The smallest absolute Gasteiger partial charge is 0.257 e. The highest BCUT2D eigenvalue weighted by atomic mass is 16.5. The molecule has 0 atom stereocenters. The number of likely N-dealkylation sites (tertiary alicyclic amines) is 1. The van der Waals surface area contributed by atoms with Crippen LogP contribution in [0, 0.1) is 6.92 Å². The van der Waals surface area contributed by atoms with Gasteiger partial charge < -0.3 is 19.0 Å². The SMILES string of the molecule is COCCN(CCC(=O)N1CCCC1)C(=O)c1ccoc1C. The lowest BCUT2D eigenvalue weighted by molar-refractivity contribution is -0.130. The molecule has 6 heteroatoms. The molecule has 122 valence electrons. The maximum atomic E-state index is 12.6. The molecule has 0 radical (unpaired) electrons. The zero-order valence-electron chi connectivity index (χ0n) is 13.3. The first kappa shape index (κ1) is 16.5. The Balaban J connectivity index is 1.95. The van der Waals surface area contributed by atoms with Gasteiger partial charge in [0.1, 0.15) is 5.76 Å². The van der Waals surface area contributed by atoms with Crippen LogP contribution in [-0.2, 0) is 9.53 Å². The van der Waals surface area contributed by atoms with Gasteiger partial charge in [-0.25, -0.2) is 0 Å². The number of hydrogen-bond acceptors (Lipinski definition) is 4. The van der Waals surface area contributed by atoms with E-state index < -0.39 is 0 Å². The average molecular weight is 308 g/mol. The molecule has 0 aliphatic carbocycles. The third-order valence-electron chi connectivity index (χ3n) is 4.00. The summed E-state index contributed by atoms with van der Waals surface area (Å²) in [5.41, 5.74) is 0.546. The first-order valence-electron chi connectivity index (χ1n) is 7.73. The maximum Gasteiger partial charge on any atom is 0.257 e. The first-order chi connectivity index (χ1) is 10.6. The average Bonchev–Trinajstić information content (AvgIpc) is 3.17. The van der Waals surface area contributed by atoms with Gasteiger partial charge >= 0.3 is 0 Å². The highest BCUT2D eigenvalue weighted by Gasteiger charge is 2.22. The standard InChI is InChI=1S/C16H24N2O4/c1-13-14(6-11-22-13)16(20)18(10-12-21-2)9-5-15(19)17-7-3-4-8-17/h6,11H,3-5,7-10,12H2,1-2H3. The van der Waals surface area contributed by atoms with Gasteiger partial charge in [0.05, 0.1) is 18.4 Å². The van der Waals surface area contributed by atoms with Crippen molar-refractivity contribution in [3.8, 4) is 0 Å². The molecule has 1 aromatic heterocycles. The number of aryl methyl sites for hydroxylation is 1. The van der Waals surface area contributed by atoms with E-state index in [0.29, 0.717) is 37.4 Å². The van der Waals surface area contributed by atoms with Crippen LogP contribution >= 0.6 is 0 Å². The van der Waals surface area contributed by atoms with E-state index in [0.717, 1.165) is 25.9 Å². The van der Waals surface area contributed by atoms with Crippen molar-refractivity contribution in [2.45, 2.75) is 26.2 Å². The zero-order chi connectivity index (χ0) is 15.9. The van der Waals surface area contributed by atoms with Crippen LogP contribution in [0.4, 0.5) is 0 Å². The Labute approximate surface area is 131 Å². The van der Waals surface area contributed by atoms with Crippen LogP contribution in [0.25, 0.3) is 0 Å². The van der Waals surface area contributed by atoms with Crippen molar-refractivity contribution in [2.24, 2.45) is 0 Å².